The van der Waals surface area contributed by atoms with Gasteiger partial charge in [-0.2, -0.15) is 0 Å². The molecule has 5 heteroatoms. The Morgan fingerprint density at radius 2 is 2.29 bits per heavy atom. The molecule has 4 nitrogen and oxygen atoms in total. The maximum Gasteiger partial charge on any atom is 0.147 e. The van der Waals surface area contributed by atoms with Crippen LogP contribution < -0.4 is 10.5 Å². The molecule has 17 heavy (non-hydrogen) atoms. The van der Waals surface area contributed by atoms with Gasteiger partial charge in [0.15, 0.2) is 0 Å². The van der Waals surface area contributed by atoms with Crippen molar-refractivity contribution in [1.82, 2.24) is 10.2 Å². The first-order valence-corrected chi connectivity index (χ1v) is 6.47. The number of nitrogens with two attached hydrogens (primary N) is 1. The van der Waals surface area contributed by atoms with E-state index < -0.39 is 0 Å². The Morgan fingerprint density at radius 3 is 3.12 bits per heavy atom. The number of rotatable bonds is 2. The average molecular weight is 247 g/mol. The number of benzene rings is 1. The fraction of sp³-hybridized carbons (Fsp3) is 0.333. The molecule has 0 radical (unpaired) electrons. The van der Waals surface area contributed by atoms with Crippen LogP contribution in [0.3, 0.4) is 0 Å². The van der Waals surface area contributed by atoms with Gasteiger partial charge >= 0.3 is 0 Å². The van der Waals surface area contributed by atoms with Crippen LogP contribution in [0.15, 0.2) is 18.2 Å². The number of hydrogen-bond donors (Lipinski definition) is 1. The Hall–Kier alpha value is -1.46. The van der Waals surface area contributed by atoms with Crippen molar-refractivity contribution >= 4 is 11.3 Å². The molecule has 0 aliphatic carbocycles. The van der Waals surface area contributed by atoms with E-state index in [9.17, 15) is 0 Å². The predicted octanol–water partition coefficient (Wildman–Crippen LogP) is 1.99. The van der Waals surface area contributed by atoms with Crippen LogP contribution in [0.5, 0.6) is 5.75 Å². The highest BCUT2D eigenvalue weighted by Crippen LogP contribution is 2.31. The number of nitrogens with zero attached hydrogens (tertiary/aromatic N) is 2. The van der Waals surface area contributed by atoms with Gasteiger partial charge in [-0.25, -0.2) is 0 Å². The molecule has 0 saturated heterocycles. The highest BCUT2D eigenvalue weighted by atomic mass is 32.1. The summed E-state index contributed by atoms with van der Waals surface area (Å²) in [5, 5.41) is 9.99. The molecule has 0 atom stereocenters. The summed E-state index contributed by atoms with van der Waals surface area (Å²) >= 11 is 1.55. The SMILES string of the molecule is NCc1nnc(-c2ccc3c(c2)CCCO3)s1. The van der Waals surface area contributed by atoms with Crippen LogP contribution in [0.25, 0.3) is 10.6 Å². The van der Waals surface area contributed by atoms with Crippen LogP contribution >= 0.6 is 11.3 Å². The second-order valence-corrected chi connectivity index (χ2v) is 5.04. The van der Waals surface area contributed by atoms with E-state index in [1.165, 1.54) is 5.56 Å². The molecule has 1 aromatic heterocycles. The molecule has 0 fully saturated rings. The summed E-state index contributed by atoms with van der Waals surface area (Å²) in [6.45, 7) is 1.27. The number of ether oxygens (including phenoxy) is 1. The minimum Gasteiger partial charge on any atom is -0.493 e. The first-order chi connectivity index (χ1) is 8.36. The molecule has 88 valence electrons. The fourth-order valence-corrected chi connectivity index (χ4v) is 2.66. The minimum absolute atomic E-state index is 0.450. The zero-order valence-electron chi connectivity index (χ0n) is 9.35. The van der Waals surface area contributed by atoms with Gasteiger partial charge in [0.05, 0.1) is 6.61 Å². The Morgan fingerprint density at radius 1 is 1.35 bits per heavy atom. The Bertz CT molecular complexity index is 538. The zero-order chi connectivity index (χ0) is 11.7. The van der Waals surface area contributed by atoms with Crippen molar-refractivity contribution in [1.29, 1.82) is 0 Å². The third-order valence-corrected chi connectivity index (χ3v) is 3.79. The standard InChI is InChI=1S/C12H13N3OS/c13-7-11-14-15-12(17-11)9-3-4-10-8(6-9)2-1-5-16-10/h3-4,6H,1-2,5,7,13H2. The van der Waals surface area contributed by atoms with E-state index in [1.807, 2.05) is 12.1 Å². The molecular formula is C12H13N3OS. The van der Waals surface area contributed by atoms with Gasteiger partial charge < -0.3 is 10.5 Å². The lowest BCUT2D eigenvalue weighted by Crippen LogP contribution is -2.07. The quantitative estimate of drug-likeness (QED) is 0.881. The van der Waals surface area contributed by atoms with E-state index in [0.717, 1.165) is 40.8 Å². The minimum atomic E-state index is 0.450. The molecule has 0 saturated carbocycles. The van der Waals surface area contributed by atoms with Gasteiger partial charge in [0.25, 0.3) is 0 Å². The Kier molecular flexibility index (Phi) is 2.78. The molecule has 0 spiro atoms. The monoisotopic (exact) mass is 247 g/mol. The summed E-state index contributed by atoms with van der Waals surface area (Å²) in [5.41, 5.74) is 7.91. The first kappa shape index (κ1) is 10.7. The Labute approximate surface area is 103 Å². The summed E-state index contributed by atoms with van der Waals surface area (Å²) in [4.78, 5) is 0. The summed E-state index contributed by atoms with van der Waals surface area (Å²) in [6.07, 6.45) is 2.16. The van der Waals surface area contributed by atoms with Crippen molar-refractivity contribution in [3.8, 4) is 16.3 Å². The van der Waals surface area contributed by atoms with Crippen LogP contribution in [0, 0.1) is 0 Å². The molecule has 3 rings (SSSR count). The third-order valence-electron chi connectivity index (χ3n) is 2.80. The van der Waals surface area contributed by atoms with E-state index in [4.69, 9.17) is 10.5 Å². The molecule has 1 aliphatic heterocycles. The van der Waals surface area contributed by atoms with Crippen molar-refractivity contribution in [2.24, 2.45) is 5.73 Å². The van der Waals surface area contributed by atoms with E-state index in [0.29, 0.717) is 6.54 Å². The van der Waals surface area contributed by atoms with Gasteiger partial charge in [-0.15, -0.1) is 10.2 Å². The van der Waals surface area contributed by atoms with Crippen LogP contribution in [0.2, 0.25) is 0 Å². The normalized spacial score (nSPS) is 14.2. The summed E-state index contributed by atoms with van der Waals surface area (Å²) < 4.78 is 5.59. The van der Waals surface area contributed by atoms with Gasteiger partial charge in [-0.1, -0.05) is 11.3 Å². The summed E-state index contributed by atoms with van der Waals surface area (Å²) in [6, 6.07) is 6.20. The lowest BCUT2D eigenvalue weighted by molar-refractivity contribution is 0.288. The highest BCUT2D eigenvalue weighted by Gasteiger charge is 2.13. The molecule has 1 aromatic carbocycles. The van der Waals surface area contributed by atoms with Gasteiger partial charge in [0, 0.05) is 12.1 Å². The van der Waals surface area contributed by atoms with Crippen LogP contribution in [0.1, 0.15) is 17.0 Å². The molecule has 2 aromatic rings. The second kappa shape index (κ2) is 4.43. The van der Waals surface area contributed by atoms with Crippen molar-refractivity contribution in [3.63, 3.8) is 0 Å². The maximum atomic E-state index is 5.59. The molecule has 0 bridgehead atoms. The largest absolute Gasteiger partial charge is 0.493 e. The van der Waals surface area contributed by atoms with Gasteiger partial charge in [0.1, 0.15) is 15.8 Å². The lowest BCUT2D eigenvalue weighted by Gasteiger charge is -2.17. The first-order valence-electron chi connectivity index (χ1n) is 5.65. The maximum absolute atomic E-state index is 5.59. The summed E-state index contributed by atoms with van der Waals surface area (Å²) in [5.74, 6) is 1.00. The average Bonchev–Trinajstić information content (AvgIpc) is 2.87. The number of aromatic nitrogens is 2. The highest BCUT2D eigenvalue weighted by molar-refractivity contribution is 7.14. The summed E-state index contributed by atoms with van der Waals surface area (Å²) in [7, 11) is 0. The molecule has 2 N–H and O–H groups in total. The van der Waals surface area contributed by atoms with E-state index in [-0.39, 0.29) is 0 Å². The van der Waals surface area contributed by atoms with Crippen molar-refractivity contribution in [2.45, 2.75) is 19.4 Å². The van der Waals surface area contributed by atoms with Crippen LogP contribution in [0.4, 0.5) is 0 Å². The fourth-order valence-electron chi connectivity index (χ4n) is 1.95. The van der Waals surface area contributed by atoms with Crippen LogP contribution in [-0.4, -0.2) is 16.8 Å². The molecule has 1 aliphatic rings. The van der Waals surface area contributed by atoms with E-state index >= 15 is 0 Å². The molecule has 0 amide bonds. The lowest BCUT2D eigenvalue weighted by atomic mass is 10.0. The van der Waals surface area contributed by atoms with E-state index in [2.05, 4.69) is 16.3 Å². The van der Waals surface area contributed by atoms with Crippen molar-refractivity contribution < 1.29 is 4.74 Å². The number of hydrogen-bond acceptors (Lipinski definition) is 5. The zero-order valence-corrected chi connectivity index (χ0v) is 10.2. The van der Waals surface area contributed by atoms with Gasteiger partial charge in [-0.05, 0) is 36.6 Å². The topological polar surface area (TPSA) is 61.0 Å². The van der Waals surface area contributed by atoms with E-state index in [1.54, 1.807) is 11.3 Å². The van der Waals surface area contributed by atoms with Crippen molar-refractivity contribution in [2.75, 3.05) is 6.61 Å². The Balaban J connectivity index is 1.97. The third kappa shape index (κ3) is 2.03. The second-order valence-electron chi connectivity index (χ2n) is 3.98. The van der Waals surface area contributed by atoms with Gasteiger partial charge in [0.2, 0.25) is 0 Å². The van der Waals surface area contributed by atoms with Crippen LogP contribution in [-0.2, 0) is 13.0 Å². The number of fused-ring (bicyclic) bond motifs is 1. The van der Waals surface area contributed by atoms with Crippen molar-refractivity contribution in [3.05, 3.63) is 28.8 Å². The smallest absolute Gasteiger partial charge is 0.147 e. The molecular weight excluding hydrogens is 234 g/mol. The molecule has 2 heterocycles. The predicted molar refractivity (Wildman–Crippen MR) is 67.1 cm³/mol. The van der Waals surface area contributed by atoms with Gasteiger partial charge in [-0.3, -0.25) is 0 Å². The molecule has 0 unspecified atom stereocenters. The number of aryl methyl sites for hydroxylation is 1.